The number of ether oxygens (including phenoxy) is 1. The van der Waals surface area contributed by atoms with Crippen molar-refractivity contribution in [2.45, 2.75) is 37.1 Å². The van der Waals surface area contributed by atoms with Gasteiger partial charge in [0.1, 0.15) is 18.3 Å². The van der Waals surface area contributed by atoms with E-state index in [4.69, 9.17) is 16.3 Å². The number of para-hydroxylation sites is 1. The molecule has 4 heteroatoms. The van der Waals surface area contributed by atoms with E-state index < -0.39 is 0 Å². The molecule has 1 amide bonds. The predicted molar refractivity (Wildman–Crippen MR) is 74.7 cm³/mol. The van der Waals surface area contributed by atoms with Crippen LogP contribution in [0.3, 0.4) is 0 Å². The van der Waals surface area contributed by atoms with E-state index in [1.54, 1.807) is 0 Å². The minimum Gasteiger partial charge on any atom is -0.492 e. The molecule has 0 spiro atoms. The van der Waals surface area contributed by atoms with E-state index in [0.717, 1.165) is 37.0 Å². The van der Waals surface area contributed by atoms with E-state index >= 15 is 0 Å². The standard InChI is InChI=1S/C15H18ClNO2/c16-10-15(7-3-4-8-15)17-14(18)12-9-19-13-6-2-1-5-11(12)13/h1-2,5-6,12H,3-4,7-10H2,(H,17,18). The average molecular weight is 280 g/mol. The highest BCUT2D eigenvalue weighted by Crippen LogP contribution is 2.36. The highest BCUT2D eigenvalue weighted by Gasteiger charge is 2.38. The van der Waals surface area contributed by atoms with Crippen molar-refractivity contribution in [3.05, 3.63) is 29.8 Å². The largest absolute Gasteiger partial charge is 0.492 e. The average Bonchev–Trinajstić information content (AvgIpc) is 3.05. The zero-order valence-corrected chi connectivity index (χ0v) is 11.6. The van der Waals surface area contributed by atoms with Crippen LogP contribution in [0.5, 0.6) is 5.75 Å². The normalized spacial score (nSPS) is 23.7. The Bertz CT molecular complexity index is 483. The molecule has 102 valence electrons. The predicted octanol–water partition coefficient (Wildman–Crippen LogP) is 2.83. The number of amides is 1. The van der Waals surface area contributed by atoms with E-state index in [2.05, 4.69) is 5.32 Å². The number of nitrogens with one attached hydrogen (secondary N) is 1. The van der Waals surface area contributed by atoms with Gasteiger partial charge in [0.05, 0.1) is 5.54 Å². The van der Waals surface area contributed by atoms with Crippen molar-refractivity contribution in [2.24, 2.45) is 0 Å². The van der Waals surface area contributed by atoms with Crippen LogP contribution in [-0.2, 0) is 4.79 Å². The molecule has 0 radical (unpaired) electrons. The highest BCUT2D eigenvalue weighted by atomic mass is 35.5. The van der Waals surface area contributed by atoms with Crippen molar-refractivity contribution >= 4 is 17.5 Å². The maximum atomic E-state index is 12.5. The number of hydrogen-bond donors (Lipinski definition) is 1. The highest BCUT2D eigenvalue weighted by molar-refractivity contribution is 6.18. The molecule has 1 aliphatic carbocycles. The van der Waals surface area contributed by atoms with Gasteiger partial charge in [-0.05, 0) is 18.9 Å². The van der Waals surface area contributed by atoms with Crippen molar-refractivity contribution in [3.8, 4) is 5.75 Å². The lowest BCUT2D eigenvalue weighted by atomic mass is 9.96. The second kappa shape index (κ2) is 5.04. The number of benzene rings is 1. The lowest BCUT2D eigenvalue weighted by Crippen LogP contribution is -2.49. The fourth-order valence-electron chi connectivity index (χ4n) is 3.07. The zero-order chi connectivity index (χ0) is 13.3. The molecule has 1 aliphatic heterocycles. The van der Waals surface area contributed by atoms with Crippen molar-refractivity contribution in [3.63, 3.8) is 0 Å². The molecule has 2 aliphatic rings. The third kappa shape index (κ3) is 2.32. The summed E-state index contributed by atoms with van der Waals surface area (Å²) in [5, 5.41) is 3.17. The monoisotopic (exact) mass is 279 g/mol. The third-order valence-corrected chi connectivity index (χ3v) is 4.73. The van der Waals surface area contributed by atoms with Gasteiger partial charge in [0, 0.05) is 11.4 Å². The van der Waals surface area contributed by atoms with Crippen LogP contribution in [0, 0.1) is 0 Å². The second-order valence-electron chi connectivity index (χ2n) is 5.51. The fraction of sp³-hybridized carbons (Fsp3) is 0.533. The number of hydrogen-bond acceptors (Lipinski definition) is 2. The molecule has 1 aromatic carbocycles. The first-order chi connectivity index (χ1) is 9.24. The SMILES string of the molecule is O=C(NC1(CCl)CCCC1)C1COc2ccccc21. The maximum absolute atomic E-state index is 12.5. The van der Waals surface area contributed by atoms with Gasteiger partial charge < -0.3 is 10.1 Å². The molecule has 0 bridgehead atoms. The minimum atomic E-state index is -0.198. The molecule has 1 saturated carbocycles. The summed E-state index contributed by atoms with van der Waals surface area (Å²) < 4.78 is 5.57. The molecule has 1 N–H and O–H groups in total. The molecular weight excluding hydrogens is 262 g/mol. The smallest absolute Gasteiger partial charge is 0.231 e. The number of rotatable bonds is 3. The van der Waals surface area contributed by atoms with E-state index in [9.17, 15) is 4.79 Å². The van der Waals surface area contributed by atoms with Crippen molar-refractivity contribution < 1.29 is 9.53 Å². The van der Waals surface area contributed by atoms with Gasteiger partial charge in [0.15, 0.2) is 0 Å². The molecule has 3 rings (SSSR count). The Labute approximate surface area is 118 Å². The lowest BCUT2D eigenvalue weighted by Gasteiger charge is -2.29. The number of halogens is 1. The summed E-state index contributed by atoms with van der Waals surface area (Å²) in [7, 11) is 0. The molecule has 1 atom stereocenters. The maximum Gasteiger partial charge on any atom is 0.231 e. The van der Waals surface area contributed by atoms with Gasteiger partial charge in [-0.1, -0.05) is 31.0 Å². The van der Waals surface area contributed by atoms with Crippen LogP contribution in [0.15, 0.2) is 24.3 Å². The number of fused-ring (bicyclic) bond motifs is 1. The molecule has 1 unspecified atom stereocenters. The van der Waals surface area contributed by atoms with E-state index in [1.165, 1.54) is 0 Å². The molecule has 3 nitrogen and oxygen atoms in total. The van der Waals surface area contributed by atoms with Gasteiger partial charge in [-0.25, -0.2) is 0 Å². The summed E-state index contributed by atoms with van der Waals surface area (Å²) in [5.41, 5.74) is 0.790. The van der Waals surface area contributed by atoms with Gasteiger partial charge in [-0.2, -0.15) is 0 Å². The molecule has 1 heterocycles. The van der Waals surface area contributed by atoms with Crippen LogP contribution in [0.2, 0.25) is 0 Å². The summed E-state index contributed by atoms with van der Waals surface area (Å²) in [6.45, 7) is 0.434. The summed E-state index contributed by atoms with van der Waals surface area (Å²) >= 11 is 6.07. The second-order valence-corrected chi connectivity index (χ2v) is 5.78. The third-order valence-electron chi connectivity index (χ3n) is 4.22. The molecule has 19 heavy (non-hydrogen) atoms. The first-order valence-corrected chi connectivity index (χ1v) is 7.37. The van der Waals surface area contributed by atoms with Gasteiger partial charge in [-0.3, -0.25) is 4.79 Å². The Kier molecular flexibility index (Phi) is 3.40. The van der Waals surface area contributed by atoms with Crippen molar-refractivity contribution in [2.75, 3.05) is 12.5 Å². The van der Waals surface area contributed by atoms with Crippen LogP contribution in [-0.4, -0.2) is 23.9 Å². The summed E-state index contributed by atoms with van der Waals surface area (Å²) in [4.78, 5) is 12.5. The van der Waals surface area contributed by atoms with Crippen molar-refractivity contribution in [1.82, 2.24) is 5.32 Å². The van der Waals surface area contributed by atoms with Crippen LogP contribution >= 0.6 is 11.6 Å². The van der Waals surface area contributed by atoms with Crippen LogP contribution in [0.4, 0.5) is 0 Å². The van der Waals surface area contributed by atoms with Gasteiger partial charge in [0.25, 0.3) is 0 Å². The number of carbonyl (C=O) groups excluding carboxylic acids is 1. The lowest BCUT2D eigenvalue weighted by molar-refractivity contribution is -0.124. The molecule has 0 saturated heterocycles. The summed E-state index contributed by atoms with van der Waals surface area (Å²) in [5.74, 6) is 1.17. The Morgan fingerprint density at radius 1 is 1.37 bits per heavy atom. The first-order valence-electron chi connectivity index (χ1n) is 6.84. The van der Waals surface area contributed by atoms with Gasteiger partial charge in [0.2, 0.25) is 5.91 Å². The quantitative estimate of drug-likeness (QED) is 0.864. The minimum absolute atomic E-state index is 0.0486. The Morgan fingerprint density at radius 3 is 2.84 bits per heavy atom. The van der Waals surface area contributed by atoms with E-state index in [0.29, 0.717) is 12.5 Å². The summed E-state index contributed by atoms with van der Waals surface area (Å²) in [6, 6.07) is 7.75. The molecule has 0 aromatic heterocycles. The van der Waals surface area contributed by atoms with Crippen LogP contribution in [0.25, 0.3) is 0 Å². The van der Waals surface area contributed by atoms with Crippen molar-refractivity contribution in [1.29, 1.82) is 0 Å². The molecular formula is C15H18ClNO2. The molecule has 1 aromatic rings. The Balaban J connectivity index is 1.75. The van der Waals surface area contributed by atoms with Gasteiger partial charge >= 0.3 is 0 Å². The Morgan fingerprint density at radius 2 is 2.11 bits per heavy atom. The topological polar surface area (TPSA) is 38.3 Å². The van der Waals surface area contributed by atoms with Gasteiger partial charge in [-0.15, -0.1) is 11.6 Å². The number of carbonyl (C=O) groups is 1. The van der Waals surface area contributed by atoms with Crippen LogP contribution in [0.1, 0.15) is 37.2 Å². The number of alkyl halides is 1. The zero-order valence-electron chi connectivity index (χ0n) is 10.8. The first kappa shape index (κ1) is 12.8. The van der Waals surface area contributed by atoms with Crippen LogP contribution < -0.4 is 10.1 Å². The Hall–Kier alpha value is -1.22. The molecule has 1 fully saturated rings. The fourth-order valence-corrected chi connectivity index (χ4v) is 3.41. The van der Waals surface area contributed by atoms with E-state index in [-0.39, 0.29) is 17.4 Å². The van der Waals surface area contributed by atoms with E-state index in [1.807, 2.05) is 24.3 Å². The summed E-state index contributed by atoms with van der Waals surface area (Å²) in [6.07, 6.45) is 4.25.